The van der Waals surface area contributed by atoms with Gasteiger partial charge < -0.3 is 13.7 Å². The average molecular weight is 1660 g/mol. The lowest BCUT2D eigenvalue weighted by molar-refractivity contribution is 1.18. The third-order valence-corrected chi connectivity index (χ3v) is 27.1. The van der Waals surface area contributed by atoms with Gasteiger partial charge >= 0.3 is 0 Å². The molecule has 3 aromatic heterocycles. The molecule has 0 spiro atoms. The number of hydrogen-bond donors (Lipinski definition) is 0. The van der Waals surface area contributed by atoms with Crippen LogP contribution in [0.2, 0.25) is 0 Å². The summed E-state index contributed by atoms with van der Waals surface area (Å²) >= 11 is 0. The molecule has 0 aliphatic heterocycles. The highest BCUT2D eigenvalue weighted by molar-refractivity contribution is 6.30. The van der Waals surface area contributed by atoms with Gasteiger partial charge in [0.25, 0.3) is 0 Å². The molecule has 27 rings (SSSR count). The maximum Gasteiger partial charge on any atom is 0.0547 e. The number of nitrogens with zero attached hydrogens (tertiary/aromatic N) is 3. The Hall–Kier alpha value is -17.2. The van der Waals surface area contributed by atoms with Crippen LogP contribution in [-0.2, 0) is 0 Å². The molecule has 131 heavy (non-hydrogen) atoms. The zero-order valence-electron chi connectivity index (χ0n) is 71.8. The quantitative estimate of drug-likeness (QED) is 0.121. The molecule has 0 saturated heterocycles. The first-order chi connectivity index (χ1) is 65.1. The van der Waals surface area contributed by atoms with Crippen LogP contribution < -0.4 is 0 Å². The number of benzene rings is 24. The summed E-state index contributed by atoms with van der Waals surface area (Å²) in [5.41, 5.74) is 28.5. The van der Waals surface area contributed by atoms with Crippen molar-refractivity contribution in [3.8, 4) is 95.0 Å². The first-order valence-electron chi connectivity index (χ1n) is 45.3. The average Bonchev–Trinajstić information content (AvgIpc) is 1.59. The molecule has 0 bridgehead atoms. The highest BCUT2D eigenvalue weighted by atomic mass is 15.0. The minimum Gasteiger partial charge on any atom is -0.309 e. The SMILES string of the molecule is c1ccc(-c2c3ccccc3c(-c3ccc(-c4ccc5c(c4)c4ccccc4n5-c4ccccc4)cc3)c3ccccc23)cc1.c1ccc(-c2c3ccccc3c(-c3ccc(-n4c5ccc6ccccc6c5c5c6ccccc6ccc54)cc3)c3ccccc23)cc1.c1ccc(-c2c3ccccc3c(-c3ccc(-n4c5ccccc5c5ccccc54)cc3)c3ccccc23)cc1. The summed E-state index contributed by atoms with van der Waals surface area (Å²) < 4.78 is 7.19. The van der Waals surface area contributed by atoms with Gasteiger partial charge in [-0.15, -0.1) is 0 Å². The van der Waals surface area contributed by atoms with Crippen molar-refractivity contribution >= 4 is 152 Å². The molecular formula is C128H83N3. The summed E-state index contributed by atoms with van der Waals surface area (Å²) in [4.78, 5) is 0. The van der Waals surface area contributed by atoms with E-state index in [9.17, 15) is 0 Å². The first kappa shape index (κ1) is 76.2. The second-order valence-electron chi connectivity index (χ2n) is 34.3. The molecule has 0 aliphatic carbocycles. The fourth-order valence-corrected chi connectivity index (χ4v) is 21.5. The van der Waals surface area contributed by atoms with Gasteiger partial charge in [-0.25, -0.2) is 0 Å². The van der Waals surface area contributed by atoms with Crippen molar-refractivity contribution in [2.45, 2.75) is 0 Å². The summed E-state index contributed by atoms with van der Waals surface area (Å²) in [5, 5.41) is 28.2. The monoisotopic (exact) mass is 1660 g/mol. The molecular weight excluding hydrogens is 1580 g/mol. The van der Waals surface area contributed by atoms with Gasteiger partial charge in [-0.2, -0.15) is 0 Å². The first-order valence-corrected chi connectivity index (χ1v) is 45.3. The molecule has 3 heterocycles. The van der Waals surface area contributed by atoms with Crippen molar-refractivity contribution in [2.24, 2.45) is 0 Å². The van der Waals surface area contributed by atoms with Crippen molar-refractivity contribution in [1.82, 2.24) is 13.7 Å². The minimum absolute atomic E-state index is 1.16. The van der Waals surface area contributed by atoms with Crippen LogP contribution in [0.25, 0.3) is 247 Å². The Kier molecular flexibility index (Phi) is 18.6. The topological polar surface area (TPSA) is 14.8 Å². The van der Waals surface area contributed by atoms with Gasteiger partial charge in [-0.05, 0) is 243 Å². The second kappa shape index (κ2) is 32.0. The Morgan fingerprint density at radius 2 is 0.305 bits per heavy atom. The van der Waals surface area contributed by atoms with E-state index in [0.717, 1.165) is 5.69 Å². The standard InChI is InChI=1S/C46H29N.C44H29N.C38H25N/c1-2-14-32(15-3-1)43-37-18-8-10-20-39(37)44(40-21-11-9-19-38(40)43)33-22-26-34(27-23-33)47-41-28-24-30-12-4-6-16-35(30)45(41)46-36-17-7-5-13-31(36)25-29-42(46)47;1-3-13-31(14-4-1)43-36-18-7-9-20-38(36)44(39-21-10-8-19-37(39)43)32-25-23-30(24-26-32)33-27-28-42-40(29-33)35-17-11-12-22-41(35)45(42)34-15-5-2-6-16-34;1-2-12-26(13-3-1)37-31-16-4-6-18-33(31)38(34-19-7-5-17-32(34)37)27-22-24-28(25-23-27)39-35-20-10-8-14-29(35)30-15-9-11-21-36(30)39/h1-29H;1-29H;1-25H. The molecule has 27 aromatic rings. The molecule has 0 aliphatic rings. The third-order valence-electron chi connectivity index (χ3n) is 27.1. The highest BCUT2D eigenvalue weighted by Crippen LogP contribution is 2.50. The number of aromatic nitrogens is 3. The predicted octanol–water partition coefficient (Wildman–Crippen LogP) is 35.2. The van der Waals surface area contributed by atoms with Gasteiger partial charge in [-0.3, -0.25) is 0 Å². The van der Waals surface area contributed by atoms with Crippen LogP contribution in [0.15, 0.2) is 504 Å². The molecule has 610 valence electrons. The second-order valence-corrected chi connectivity index (χ2v) is 34.3. The summed E-state index contributed by atoms with van der Waals surface area (Å²) in [6, 6.07) is 183. The normalized spacial score (nSPS) is 11.7. The van der Waals surface area contributed by atoms with Crippen LogP contribution in [0.1, 0.15) is 0 Å². The summed E-state index contributed by atoms with van der Waals surface area (Å²) in [6.07, 6.45) is 0. The molecule has 0 fully saturated rings. The van der Waals surface area contributed by atoms with Crippen LogP contribution in [0, 0.1) is 0 Å². The molecule has 0 atom stereocenters. The van der Waals surface area contributed by atoms with Crippen LogP contribution in [0.3, 0.4) is 0 Å². The van der Waals surface area contributed by atoms with E-state index in [4.69, 9.17) is 0 Å². The Morgan fingerprint density at radius 3 is 0.618 bits per heavy atom. The highest BCUT2D eigenvalue weighted by Gasteiger charge is 2.24. The molecule has 0 saturated carbocycles. The molecule has 0 unspecified atom stereocenters. The van der Waals surface area contributed by atoms with Gasteiger partial charge in [0.05, 0.1) is 33.1 Å². The Bertz CT molecular complexity index is 8840. The number of fused-ring (bicyclic) bond motifs is 19. The predicted molar refractivity (Wildman–Crippen MR) is 560 cm³/mol. The number of para-hydroxylation sites is 4. The fraction of sp³-hybridized carbons (Fsp3) is 0. The summed E-state index contributed by atoms with van der Waals surface area (Å²) in [5.74, 6) is 0. The van der Waals surface area contributed by atoms with Crippen molar-refractivity contribution in [3.05, 3.63) is 504 Å². The van der Waals surface area contributed by atoms with Crippen molar-refractivity contribution < 1.29 is 0 Å². The van der Waals surface area contributed by atoms with Gasteiger partial charge in [-0.1, -0.05) is 425 Å². The van der Waals surface area contributed by atoms with Gasteiger partial charge in [0.2, 0.25) is 0 Å². The van der Waals surface area contributed by atoms with E-state index in [-0.39, 0.29) is 0 Å². The summed E-state index contributed by atoms with van der Waals surface area (Å²) in [6.45, 7) is 0. The van der Waals surface area contributed by atoms with Gasteiger partial charge in [0.1, 0.15) is 0 Å². The number of rotatable bonds is 10. The molecule has 0 N–H and O–H groups in total. The van der Waals surface area contributed by atoms with E-state index >= 15 is 0 Å². The number of hydrogen-bond acceptors (Lipinski definition) is 0. The van der Waals surface area contributed by atoms with E-state index in [1.807, 2.05) is 0 Å². The van der Waals surface area contributed by atoms with Crippen molar-refractivity contribution in [3.63, 3.8) is 0 Å². The van der Waals surface area contributed by atoms with Crippen LogP contribution >= 0.6 is 0 Å². The molecule has 3 nitrogen and oxygen atoms in total. The smallest absolute Gasteiger partial charge is 0.0547 e. The molecule has 3 heteroatoms. The Morgan fingerprint density at radius 1 is 0.107 bits per heavy atom. The van der Waals surface area contributed by atoms with E-state index < -0.39 is 0 Å². The van der Waals surface area contributed by atoms with E-state index in [0.29, 0.717) is 0 Å². The largest absolute Gasteiger partial charge is 0.309 e. The lowest BCUT2D eigenvalue weighted by Gasteiger charge is -2.18. The molecule has 0 amide bonds. The zero-order valence-corrected chi connectivity index (χ0v) is 71.8. The van der Waals surface area contributed by atoms with Crippen LogP contribution in [0.5, 0.6) is 0 Å². The lowest BCUT2D eigenvalue weighted by Crippen LogP contribution is -1.95. The fourth-order valence-electron chi connectivity index (χ4n) is 21.5. The summed E-state index contributed by atoms with van der Waals surface area (Å²) in [7, 11) is 0. The zero-order chi connectivity index (χ0) is 86.4. The van der Waals surface area contributed by atoms with Crippen LogP contribution in [-0.4, -0.2) is 13.7 Å². The Balaban J connectivity index is 0.000000106. The van der Waals surface area contributed by atoms with Crippen molar-refractivity contribution in [1.29, 1.82) is 0 Å². The molecule has 24 aromatic carbocycles. The van der Waals surface area contributed by atoms with E-state index in [1.54, 1.807) is 0 Å². The van der Waals surface area contributed by atoms with E-state index in [2.05, 4.69) is 517 Å². The minimum atomic E-state index is 1.16. The van der Waals surface area contributed by atoms with E-state index in [1.165, 1.54) is 241 Å². The maximum atomic E-state index is 2.45. The maximum absolute atomic E-state index is 2.45. The van der Waals surface area contributed by atoms with Crippen LogP contribution in [0.4, 0.5) is 0 Å². The Labute approximate surface area is 758 Å². The van der Waals surface area contributed by atoms with Gasteiger partial charge in [0, 0.05) is 49.4 Å². The lowest BCUT2D eigenvalue weighted by atomic mass is 9.86. The third kappa shape index (κ3) is 12.8. The van der Waals surface area contributed by atoms with Crippen molar-refractivity contribution in [2.75, 3.05) is 0 Å². The van der Waals surface area contributed by atoms with Gasteiger partial charge in [0.15, 0.2) is 0 Å². The molecule has 0 radical (unpaired) electrons.